The molecule has 218 valence electrons. The summed E-state index contributed by atoms with van der Waals surface area (Å²) in [6.07, 6.45) is -0.663. The van der Waals surface area contributed by atoms with Crippen molar-refractivity contribution >= 4 is 12.1 Å². The molecule has 4 rings (SSSR count). The average Bonchev–Trinajstić information content (AvgIpc) is 3.46. The van der Waals surface area contributed by atoms with E-state index in [9.17, 15) is 14.7 Å². The minimum Gasteiger partial charge on any atom is -0.453 e. The molecule has 41 heavy (non-hydrogen) atoms. The molecule has 1 amide bonds. The number of esters is 1. The maximum absolute atomic E-state index is 14.0. The van der Waals surface area contributed by atoms with Gasteiger partial charge in [-0.25, -0.2) is 4.79 Å². The molecule has 4 atom stereocenters. The van der Waals surface area contributed by atoms with Crippen molar-refractivity contribution in [3.8, 4) is 0 Å². The maximum Gasteiger partial charge on any atom is 0.410 e. The fourth-order valence-electron chi connectivity index (χ4n) is 5.61. The van der Waals surface area contributed by atoms with Crippen LogP contribution < -0.4 is 0 Å². The molecule has 0 bridgehead atoms. The zero-order chi connectivity index (χ0) is 29.6. The van der Waals surface area contributed by atoms with Gasteiger partial charge in [0.05, 0.1) is 18.1 Å². The van der Waals surface area contributed by atoms with Crippen LogP contribution in [-0.2, 0) is 24.6 Å². The lowest BCUT2D eigenvalue weighted by molar-refractivity contribution is -0.173. The first-order valence-electron chi connectivity index (χ1n) is 14.2. The van der Waals surface area contributed by atoms with Crippen molar-refractivity contribution in [2.75, 3.05) is 13.7 Å². The predicted molar refractivity (Wildman–Crippen MR) is 157 cm³/mol. The highest BCUT2D eigenvalue weighted by Crippen LogP contribution is 2.44. The van der Waals surface area contributed by atoms with E-state index < -0.39 is 41.4 Å². The van der Waals surface area contributed by atoms with Crippen LogP contribution in [0.1, 0.15) is 63.3 Å². The van der Waals surface area contributed by atoms with Gasteiger partial charge in [0, 0.05) is 13.7 Å². The van der Waals surface area contributed by atoms with E-state index in [4.69, 9.17) is 14.2 Å². The van der Waals surface area contributed by atoms with Gasteiger partial charge in [-0.05, 0) is 57.2 Å². The van der Waals surface area contributed by atoms with Crippen molar-refractivity contribution in [1.29, 1.82) is 0 Å². The van der Waals surface area contributed by atoms with Crippen molar-refractivity contribution in [1.82, 2.24) is 4.90 Å². The van der Waals surface area contributed by atoms with Crippen LogP contribution in [-0.4, -0.2) is 53.5 Å². The van der Waals surface area contributed by atoms with Gasteiger partial charge in [-0.3, -0.25) is 4.79 Å². The largest absolute Gasteiger partial charge is 0.453 e. The Morgan fingerprint density at radius 3 is 1.88 bits per heavy atom. The van der Waals surface area contributed by atoms with Gasteiger partial charge in [-0.2, -0.15) is 0 Å². The minimum atomic E-state index is -1.68. The van der Waals surface area contributed by atoms with Crippen LogP contribution in [0.2, 0.25) is 0 Å². The lowest BCUT2D eigenvalue weighted by Crippen LogP contribution is -2.49. The summed E-state index contributed by atoms with van der Waals surface area (Å²) in [5.41, 5.74) is -0.489. The third-order valence-electron chi connectivity index (χ3n) is 7.59. The van der Waals surface area contributed by atoms with Gasteiger partial charge in [0.15, 0.2) is 11.7 Å². The summed E-state index contributed by atoms with van der Waals surface area (Å²) in [5.74, 6) is -1.28. The van der Waals surface area contributed by atoms with Gasteiger partial charge in [0.2, 0.25) is 0 Å². The number of amides is 1. The molecule has 1 aliphatic rings. The van der Waals surface area contributed by atoms with E-state index in [1.165, 1.54) is 0 Å². The van der Waals surface area contributed by atoms with E-state index in [0.29, 0.717) is 29.7 Å². The Kier molecular flexibility index (Phi) is 9.51. The number of hydrogen-bond acceptors (Lipinski definition) is 6. The number of carbonyl (C=O) groups is 2. The molecule has 1 aliphatic heterocycles. The molecule has 0 aromatic heterocycles. The Morgan fingerprint density at radius 1 is 0.878 bits per heavy atom. The van der Waals surface area contributed by atoms with Crippen LogP contribution >= 0.6 is 0 Å². The van der Waals surface area contributed by atoms with Gasteiger partial charge < -0.3 is 24.2 Å². The quantitative estimate of drug-likeness (QED) is 0.312. The Balaban J connectivity index is 1.68. The molecular formula is C34H41NO6. The third kappa shape index (κ3) is 6.80. The molecule has 1 heterocycles. The molecule has 3 aromatic rings. The lowest BCUT2D eigenvalue weighted by atomic mass is 9.78. The number of carbonyl (C=O) groups excluding carboxylic acids is 2. The Bertz CT molecular complexity index is 1240. The minimum absolute atomic E-state index is 0.352. The number of nitrogens with zero attached hydrogens (tertiary/aromatic N) is 1. The summed E-state index contributed by atoms with van der Waals surface area (Å²) in [7, 11) is 1.54. The SMILES string of the molecule is CO[C@@H]([C@H](C)C(=O)O[C@@H](c1ccccc1)C(O)(c1ccccc1)c1ccccc1)[C@@H]1CCCN1C(=O)OC(C)(C)C. The molecule has 1 fully saturated rings. The molecule has 1 N–H and O–H groups in total. The molecule has 0 spiro atoms. The first kappa shape index (κ1) is 30.3. The highest BCUT2D eigenvalue weighted by Gasteiger charge is 2.47. The van der Waals surface area contributed by atoms with Crippen LogP contribution in [0.3, 0.4) is 0 Å². The summed E-state index contributed by atoms with van der Waals surface area (Å²) in [5, 5.41) is 12.6. The molecule has 0 unspecified atom stereocenters. The fraction of sp³-hybridized carbons (Fsp3) is 0.412. The number of hydrogen-bond donors (Lipinski definition) is 1. The van der Waals surface area contributed by atoms with Crippen molar-refractivity contribution < 1.29 is 28.9 Å². The lowest BCUT2D eigenvalue weighted by Gasteiger charge is -2.39. The maximum atomic E-state index is 14.0. The van der Waals surface area contributed by atoms with Crippen molar-refractivity contribution in [3.05, 3.63) is 108 Å². The molecule has 7 nitrogen and oxygen atoms in total. The monoisotopic (exact) mass is 559 g/mol. The molecule has 7 heteroatoms. The highest BCUT2D eigenvalue weighted by atomic mass is 16.6. The van der Waals surface area contributed by atoms with Crippen LogP contribution in [0.4, 0.5) is 4.79 Å². The first-order valence-corrected chi connectivity index (χ1v) is 14.2. The highest BCUT2D eigenvalue weighted by molar-refractivity contribution is 5.74. The van der Waals surface area contributed by atoms with Crippen molar-refractivity contribution in [2.24, 2.45) is 5.92 Å². The zero-order valence-electron chi connectivity index (χ0n) is 24.5. The number of aliphatic hydroxyl groups is 1. The zero-order valence-corrected chi connectivity index (χ0v) is 24.5. The predicted octanol–water partition coefficient (Wildman–Crippen LogP) is 6.26. The van der Waals surface area contributed by atoms with Crippen LogP contribution in [0.5, 0.6) is 0 Å². The van der Waals surface area contributed by atoms with E-state index in [0.717, 1.165) is 6.42 Å². The van der Waals surface area contributed by atoms with Crippen LogP contribution in [0.25, 0.3) is 0 Å². The topological polar surface area (TPSA) is 85.3 Å². The van der Waals surface area contributed by atoms with Gasteiger partial charge in [-0.1, -0.05) is 91.0 Å². The van der Waals surface area contributed by atoms with E-state index in [2.05, 4.69) is 0 Å². The summed E-state index contributed by atoms with van der Waals surface area (Å²) in [6.45, 7) is 7.75. The van der Waals surface area contributed by atoms with E-state index >= 15 is 0 Å². The molecular weight excluding hydrogens is 518 g/mol. The van der Waals surface area contributed by atoms with Crippen molar-refractivity contribution in [3.63, 3.8) is 0 Å². The Labute approximate surface area is 243 Å². The first-order chi connectivity index (χ1) is 19.6. The second-order valence-electron chi connectivity index (χ2n) is 11.6. The Morgan fingerprint density at radius 2 is 1.39 bits per heavy atom. The number of rotatable bonds is 9. The number of benzene rings is 3. The summed E-state index contributed by atoms with van der Waals surface area (Å²) in [4.78, 5) is 28.6. The molecule has 0 radical (unpaired) electrons. The fourth-order valence-corrected chi connectivity index (χ4v) is 5.61. The van der Waals surface area contributed by atoms with Crippen LogP contribution in [0.15, 0.2) is 91.0 Å². The standard InChI is InChI=1S/C34H41NO6/c1-24(29(39-5)28-22-15-23-35(28)32(37)41-33(2,3)4)31(36)40-30(25-16-9-6-10-17-25)34(38,26-18-11-7-12-19-26)27-20-13-8-14-21-27/h6-14,16-21,24,28-30,38H,15,22-23H2,1-5H3/t24-,28-,29-,30-/m0/s1. The Hall–Kier alpha value is -3.68. The molecule has 3 aromatic carbocycles. The number of methoxy groups -OCH3 is 1. The summed E-state index contributed by atoms with van der Waals surface area (Å²) < 4.78 is 17.8. The molecule has 0 aliphatic carbocycles. The van der Waals surface area contributed by atoms with E-state index in [1.54, 1.807) is 18.9 Å². The molecule has 0 saturated carbocycles. The summed E-state index contributed by atoms with van der Waals surface area (Å²) in [6, 6.07) is 27.4. The number of likely N-dealkylation sites (tertiary alicyclic amines) is 1. The summed E-state index contributed by atoms with van der Waals surface area (Å²) >= 11 is 0. The van der Waals surface area contributed by atoms with E-state index in [1.807, 2.05) is 112 Å². The second kappa shape index (κ2) is 12.9. The van der Waals surface area contributed by atoms with Gasteiger partial charge >= 0.3 is 12.1 Å². The van der Waals surface area contributed by atoms with Crippen LogP contribution in [0, 0.1) is 5.92 Å². The smallest absolute Gasteiger partial charge is 0.410 e. The van der Waals surface area contributed by atoms with E-state index in [-0.39, 0.29) is 6.04 Å². The third-order valence-corrected chi connectivity index (χ3v) is 7.59. The van der Waals surface area contributed by atoms with Gasteiger partial charge in [-0.15, -0.1) is 0 Å². The van der Waals surface area contributed by atoms with Gasteiger partial charge in [0.1, 0.15) is 5.60 Å². The van der Waals surface area contributed by atoms with Gasteiger partial charge in [0.25, 0.3) is 0 Å². The van der Waals surface area contributed by atoms with Crippen molar-refractivity contribution in [2.45, 2.75) is 70.0 Å². The second-order valence-corrected chi connectivity index (χ2v) is 11.6. The molecule has 1 saturated heterocycles. The average molecular weight is 560 g/mol. The normalized spacial score (nSPS) is 17.9. The number of ether oxygens (including phenoxy) is 3.